The summed E-state index contributed by atoms with van der Waals surface area (Å²) in [5.41, 5.74) is 0. The van der Waals surface area contributed by atoms with Crippen LogP contribution in [0.3, 0.4) is 0 Å². The predicted molar refractivity (Wildman–Crippen MR) is 169 cm³/mol. The molecule has 2 aromatic heterocycles. The van der Waals surface area contributed by atoms with Crippen LogP contribution in [0.2, 0.25) is 5.02 Å². The molecular weight excluding hydrogens is 709 g/mol. The SMILES string of the molecule is Cl.Fc1cc(Cl)cc(N2CCOCC2)n1.O[C@H]1CN(c2cc(I)cc(N3CCOCC3)n2)C[C@@H]1O.O[C@H]1CNC[C@@H]1O. The third-order valence-corrected chi connectivity index (χ3v) is 7.75. The highest BCUT2D eigenvalue weighted by Crippen LogP contribution is 2.25. The summed E-state index contributed by atoms with van der Waals surface area (Å²) in [5, 5.41) is 39.9. The molecule has 4 fully saturated rings. The molecule has 4 saturated heterocycles. The zero-order valence-electron chi connectivity index (χ0n) is 23.0. The molecule has 4 aliphatic heterocycles. The van der Waals surface area contributed by atoms with Crippen molar-refractivity contribution in [2.45, 2.75) is 24.4 Å². The third-order valence-electron chi connectivity index (χ3n) is 6.91. The number of halogens is 4. The van der Waals surface area contributed by atoms with Crippen molar-refractivity contribution in [3.63, 3.8) is 0 Å². The Morgan fingerprint density at radius 1 is 0.738 bits per heavy atom. The van der Waals surface area contributed by atoms with Crippen LogP contribution in [0.1, 0.15) is 0 Å². The van der Waals surface area contributed by atoms with E-state index in [1.54, 1.807) is 6.07 Å². The molecule has 0 amide bonds. The Balaban J connectivity index is 0.000000191. The Kier molecular flexibility index (Phi) is 14.4. The van der Waals surface area contributed by atoms with Gasteiger partial charge in [-0.2, -0.15) is 4.39 Å². The highest BCUT2D eigenvalue weighted by Gasteiger charge is 2.31. The van der Waals surface area contributed by atoms with Gasteiger partial charge in [0.15, 0.2) is 0 Å². The number of anilines is 3. The normalized spacial score (nSPS) is 25.6. The number of aliphatic hydroxyl groups excluding tert-OH is 4. The van der Waals surface area contributed by atoms with Crippen molar-refractivity contribution >= 4 is 64.1 Å². The third kappa shape index (κ3) is 10.4. The molecule has 0 radical (unpaired) electrons. The van der Waals surface area contributed by atoms with E-state index in [1.165, 1.54) is 6.07 Å². The number of hydrogen-bond acceptors (Lipinski definition) is 12. The monoisotopic (exact) mass is 746 g/mol. The molecular formula is C26H38Cl2FIN6O6. The van der Waals surface area contributed by atoms with Gasteiger partial charge in [0, 0.05) is 67.0 Å². The van der Waals surface area contributed by atoms with E-state index < -0.39 is 30.4 Å². The Labute approximate surface area is 269 Å². The minimum absolute atomic E-state index is 0. The standard InChI is InChI=1S/C13H18IN3O3.C9H10ClFN2O.C4H9NO2.ClH/c14-9-5-12(16-1-3-20-4-2-16)15-13(6-9)17-7-10(18)11(19)8-17;10-7-5-8(11)12-9(6-7)13-1-3-14-4-2-13;6-3-1-5-2-4(3)7;/h5-6,10-11,18-19H,1-4,7-8H2;5-6H,1-4H2;3-7H,1-2H2;1H/t10-,11-;;3-,4-;/m0.0./s1. The second kappa shape index (κ2) is 17.2. The molecule has 4 atom stereocenters. The van der Waals surface area contributed by atoms with Crippen LogP contribution in [0.25, 0.3) is 0 Å². The Morgan fingerprint density at radius 2 is 1.19 bits per heavy atom. The van der Waals surface area contributed by atoms with Crippen LogP contribution < -0.4 is 20.0 Å². The predicted octanol–water partition coefficient (Wildman–Crippen LogP) is 0.508. The van der Waals surface area contributed by atoms with Gasteiger partial charge in [-0.05, 0) is 40.8 Å². The van der Waals surface area contributed by atoms with Gasteiger partial charge < -0.3 is 49.9 Å². The number of nitrogens with zero attached hydrogens (tertiary/aromatic N) is 5. The van der Waals surface area contributed by atoms with Gasteiger partial charge in [0.05, 0.1) is 50.8 Å². The summed E-state index contributed by atoms with van der Waals surface area (Å²) in [5.74, 6) is 1.79. The van der Waals surface area contributed by atoms with E-state index in [-0.39, 0.29) is 12.4 Å². The summed E-state index contributed by atoms with van der Waals surface area (Å²) in [6.45, 7) is 7.81. The lowest BCUT2D eigenvalue weighted by molar-refractivity contribution is 0.0572. The van der Waals surface area contributed by atoms with Crippen molar-refractivity contribution in [2.75, 3.05) is 93.5 Å². The molecule has 5 N–H and O–H groups in total. The van der Waals surface area contributed by atoms with Crippen LogP contribution in [-0.4, -0.2) is 134 Å². The molecule has 42 heavy (non-hydrogen) atoms. The van der Waals surface area contributed by atoms with E-state index in [1.807, 2.05) is 15.9 Å². The number of pyridine rings is 2. The molecule has 0 spiro atoms. The molecule has 12 nitrogen and oxygen atoms in total. The fraction of sp³-hybridized carbons (Fsp3) is 0.615. The summed E-state index contributed by atoms with van der Waals surface area (Å²) >= 11 is 8.01. The van der Waals surface area contributed by atoms with E-state index in [0.29, 0.717) is 50.2 Å². The van der Waals surface area contributed by atoms with Crippen LogP contribution in [0.5, 0.6) is 0 Å². The van der Waals surface area contributed by atoms with Crippen LogP contribution in [0, 0.1) is 9.52 Å². The molecule has 0 saturated carbocycles. The minimum atomic E-state index is -0.693. The van der Waals surface area contributed by atoms with E-state index in [0.717, 1.165) is 54.6 Å². The summed E-state index contributed by atoms with van der Waals surface area (Å²) in [6, 6.07) is 6.90. The first-order chi connectivity index (χ1) is 19.7. The number of aliphatic hydroxyl groups is 4. The number of hydrogen-bond donors (Lipinski definition) is 5. The number of nitrogens with one attached hydrogen (secondary N) is 1. The van der Waals surface area contributed by atoms with Crippen molar-refractivity contribution in [1.82, 2.24) is 15.3 Å². The minimum Gasteiger partial charge on any atom is -0.389 e. The fourth-order valence-electron chi connectivity index (χ4n) is 4.60. The Bertz CT molecular complexity index is 1080. The summed E-state index contributed by atoms with van der Waals surface area (Å²) < 4.78 is 24.6. The number of aromatic nitrogens is 2. The van der Waals surface area contributed by atoms with Crippen LogP contribution in [0.4, 0.5) is 21.8 Å². The van der Waals surface area contributed by atoms with E-state index in [4.69, 9.17) is 31.3 Å². The van der Waals surface area contributed by atoms with Gasteiger partial charge in [-0.15, -0.1) is 12.4 Å². The van der Waals surface area contributed by atoms with Crippen molar-refractivity contribution in [1.29, 1.82) is 0 Å². The summed E-state index contributed by atoms with van der Waals surface area (Å²) in [4.78, 5) is 14.5. The van der Waals surface area contributed by atoms with Gasteiger partial charge in [-0.25, -0.2) is 9.97 Å². The highest BCUT2D eigenvalue weighted by molar-refractivity contribution is 14.1. The molecule has 0 aromatic carbocycles. The van der Waals surface area contributed by atoms with E-state index in [2.05, 4.69) is 48.8 Å². The van der Waals surface area contributed by atoms with Gasteiger partial charge in [-0.3, -0.25) is 0 Å². The lowest BCUT2D eigenvalue weighted by Gasteiger charge is -2.29. The zero-order valence-corrected chi connectivity index (χ0v) is 26.7. The van der Waals surface area contributed by atoms with Crippen molar-refractivity contribution in [3.05, 3.63) is 38.8 Å². The van der Waals surface area contributed by atoms with Crippen LogP contribution in [0.15, 0.2) is 24.3 Å². The zero-order chi connectivity index (χ0) is 29.4. The van der Waals surface area contributed by atoms with Crippen molar-refractivity contribution < 1.29 is 34.3 Å². The number of ether oxygens (including phenoxy) is 2. The van der Waals surface area contributed by atoms with Gasteiger partial charge in [0.25, 0.3) is 0 Å². The topological polar surface area (TPSA) is 147 Å². The van der Waals surface area contributed by atoms with E-state index in [9.17, 15) is 14.6 Å². The number of β-amino-alcohol motifs (C(OH)–C–C–N with tert-alkyl or cyclic N) is 4. The summed E-state index contributed by atoms with van der Waals surface area (Å²) in [7, 11) is 0. The average molecular weight is 747 g/mol. The van der Waals surface area contributed by atoms with Crippen molar-refractivity contribution in [2.24, 2.45) is 0 Å². The first-order valence-electron chi connectivity index (χ1n) is 13.5. The smallest absolute Gasteiger partial charge is 0.216 e. The fourth-order valence-corrected chi connectivity index (χ4v) is 5.35. The highest BCUT2D eigenvalue weighted by atomic mass is 127. The largest absolute Gasteiger partial charge is 0.389 e. The molecule has 6 heterocycles. The van der Waals surface area contributed by atoms with Gasteiger partial charge in [0.2, 0.25) is 5.95 Å². The lowest BCUT2D eigenvalue weighted by Crippen LogP contribution is -2.37. The maximum absolute atomic E-state index is 12.9. The second-order valence-corrected chi connectivity index (χ2v) is 11.7. The molecule has 2 aromatic rings. The van der Waals surface area contributed by atoms with Crippen LogP contribution >= 0.6 is 46.6 Å². The second-order valence-electron chi connectivity index (χ2n) is 10.00. The maximum atomic E-state index is 12.9. The molecule has 6 rings (SSSR count). The quantitative estimate of drug-likeness (QED) is 0.221. The molecule has 0 bridgehead atoms. The van der Waals surface area contributed by atoms with E-state index >= 15 is 0 Å². The van der Waals surface area contributed by atoms with Gasteiger partial charge >= 0.3 is 0 Å². The Hall–Kier alpha value is -1.34. The lowest BCUT2D eigenvalue weighted by atomic mass is 10.3. The average Bonchev–Trinajstić information content (AvgIpc) is 3.52. The first kappa shape index (κ1) is 35.1. The molecule has 236 valence electrons. The summed E-state index contributed by atoms with van der Waals surface area (Å²) in [6.07, 6.45) is -2.47. The molecule has 4 aliphatic rings. The number of morpholine rings is 2. The van der Waals surface area contributed by atoms with Gasteiger partial charge in [0.1, 0.15) is 17.5 Å². The van der Waals surface area contributed by atoms with Crippen molar-refractivity contribution in [3.8, 4) is 0 Å². The maximum Gasteiger partial charge on any atom is 0.216 e. The molecule has 16 heteroatoms. The molecule has 0 aliphatic carbocycles. The number of rotatable bonds is 3. The molecule has 0 unspecified atom stereocenters. The Morgan fingerprint density at radius 3 is 1.62 bits per heavy atom. The first-order valence-corrected chi connectivity index (χ1v) is 15.0. The van der Waals surface area contributed by atoms with Gasteiger partial charge in [-0.1, -0.05) is 11.6 Å². The van der Waals surface area contributed by atoms with Crippen LogP contribution in [-0.2, 0) is 9.47 Å².